The monoisotopic (exact) mass is 799 g/mol. The highest BCUT2D eigenvalue weighted by Gasteiger charge is 2.38. The van der Waals surface area contributed by atoms with Crippen molar-refractivity contribution in [2.24, 2.45) is 0 Å². The summed E-state index contributed by atoms with van der Waals surface area (Å²) in [6, 6.07) is 63.3. The molecule has 62 heavy (non-hydrogen) atoms. The molecule has 5 nitrogen and oxygen atoms in total. The summed E-state index contributed by atoms with van der Waals surface area (Å²) in [5.41, 5.74) is 12.7. The van der Waals surface area contributed by atoms with Gasteiger partial charge in [-0.15, -0.1) is 0 Å². The Morgan fingerprint density at radius 3 is 1.61 bits per heavy atom. The van der Waals surface area contributed by atoms with Gasteiger partial charge in [-0.2, -0.15) is 9.97 Å². The molecule has 0 unspecified atom stereocenters. The summed E-state index contributed by atoms with van der Waals surface area (Å²) in [7, 11) is 0. The number of nitrogens with zero attached hydrogens (tertiary/aromatic N) is 5. The van der Waals surface area contributed by atoms with Crippen molar-refractivity contribution in [3.8, 4) is 45.5 Å². The SMILES string of the molecule is CC1(C)CCC(C)(C)c2cc3c(cc21)c1ccc2c4ccccc4n(-c4ccccc4)c2c1n3-c1nc(-c2ccccc2)nc(-c2ccc3cc(-c4ccccc4)ccc3c2)n1. The van der Waals surface area contributed by atoms with E-state index in [2.05, 4.69) is 207 Å². The van der Waals surface area contributed by atoms with Crippen LogP contribution in [0.2, 0.25) is 0 Å². The fraction of sp³-hybridized carbons (Fsp3) is 0.140. The van der Waals surface area contributed by atoms with E-state index < -0.39 is 0 Å². The van der Waals surface area contributed by atoms with Gasteiger partial charge in [0.1, 0.15) is 0 Å². The van der Waals surface area contributed by atoms with Crippen molar-refractivity contribution in [3.05, 3.63) is 187 Å². The Balaban J connectivity index is 1.20. The first-order chi connectivity index (χ1) is 30.2. The maximum absolute atomic E-state index is 5.52. The summed E-state index contributed by atoms with van der Waals surface area (Å²) in [6.45, 7) is 9.63. The lowest BCUT2D eigenvalue weighted by Gasteiger charge is -2.42. The van der Waals surface area contributed by atoms with Crippen molar-refractivity contribution in [2.75, 3.05) is 0 Å². The first-order valence-electron chi connectivity index (χ1n) is 21.7. The van der Waals surface area contributed by atoms with Gasteiger partial charge in [-0.05, 0) is 99.2 Å². The molecule has 0 amide bonds. The lowest BCUT2D eigenvalue weighted by atomic mass is 9.63. The Morgan fingerprint density at radius 2 is 0.919 bits per heavy atom. The minimum Gasteiger partial charge on any atom is -0.307 e. The molecule has 0 atom stereocenters. The smallest absolute Gasteiger partial charge is 0.238 e. The van der Waals surface area contributed by atoms with Gasteiger partial charge in [0.2, 0.25) is 5.95 Å². The molecular formula is C57H45N5. The van der Waals surface area contributed by atoms with Crippen LogP contribution in [0.3, 0.4) is 0 Å². The molecule has 1 aliphatic carbocycles. The fourth-order valence-corrected chi connectivity index (χ4v) is 10.2. The lowest BCUT2D eigenvalue weighted by molar-refractivity contribution is 0.332. The molecule has 0 saturated carbocycles. The highest BCUT2D eigenvalue weighted by molar-refractivity contribution is 6.24. The number of hydrogen-bond acceptors (Lipinski definition) is 3. The van der Waals surface area contributed by atoms with Crippen LogP contribution in [0, 0.1) is 0 Å². The van der Waals surface area contributed by atoms with Gasteiger partial charge in [-0.1, -0.05) is 161 Å². The van der Waals surface area contributed by atoms with Crippen molar-refractivity contribution < 1.29 is 0 Å². The Morgan fingerprint density at radius 1 is 0.387 bits per heavy atom. The Labute approximate surface area is 361 Å². The molecule has 0 N–H and O–H groups in total. The summed E-state index contributed by atoms with van der Waals surface area (Å²) in [6.07, 6.45) is 2.26. The molecule has 3 aromatic heterocycles. The van der Waals surface area contributed by atoms with Crippen LogP contribution in [-0.4, -0.2) is 24.1 Å². The normalized spacial score (nSPS) is 14.6. The number of fused-ring (bicyclic) bond motifs is 9. The first kappa shape index (κ1) is 36.5. The Bertz CT molecular complexity index is 3560. The van der Waals surface area contributed by atoms with E-state index in [9.17, 15) is 0 Å². The second-order valence-corrected chi connectivity index (χ2v) is 18.4. The molecule has 0 fully saturated rings. The molecule has 0 radical (unpaired) electrons. The van der Waals surface area contributed by atoms with Gasteiger partial charge >= 0.3 is 0 Å². The van der Waals surface area contributed by atoms with Crippen molar-refractivity contribution in [1.82, 2.24) is 24.1 Å². The largest absolute Gasteiger partial charge is 0.307 e. The Hall–Kier alpha value is -7.37. The van der Waals surface area contributed by atoms with E-state index in [1.54, 1.807) is 0 Å². The molecule has 0 spiro atoms. The molecule has 298 valence electrons. The minimum atomic E-state index is -0.000480. The van der Waals surface area contributed by atoms with Gasteiger partial charge < -0.3 is 4.57 Å². The molecule has 3 heterocycles. The molecule has 11 aromatic rings. The third kappa shape index (κ3) is 5.65. The number of rotatable bonds is 5. The van der Waals surface area contributed by atoms with Crippen LogP contribution in [0.15, 0.2) is 176 Å². The van der Waals surface area contributed by atoms with E-state index in [0.29, 0.717) is 17.6 Å². The third-order valence-electron chi connectivity index (χ3n) is 13.6. The summed E-state index contributed by atoms with van der Waals surface area (Å²) in [5.74, 6) is 1.86. The highest BCUT2D eigenvalue weighted by Crippen LogP contribution is 2.50. The minimum absolute atomic E-state index is 0.000480. The van der Waals surface area contributed by atoms with E-state index in [1.807, 2.05) is 6.07 Å². The van der Waals surface area contributed by atoms with Crippen LogP contribution < -0.4 is 0 Å². The molecule has 0 bridgehead atoms. The van der Waals surface area contributed by atoms with Gasteiger partial charge in [0.15, 0.2) is 11.6 Å². The summed E-state index contributed by atoms with van der Waals surface area (Å²) in [4.78, 5) is 16.2. The molecule has 1 aliphatic rings. The quantitative estimate of drug-likeness (QED) is 0.174. The predicted octanol–water partition coefficient (Wildman–Crippen LogP) is 14.6. The molecule has 5 heteroatoms. The van der Waals surface area contributed by atoms with Crippen LogP contribution >= 0.6 is 0 Å². The fourth-order valence-electron chi connectivity index (χ4n) is 10.2. The van der Waals surface area contributed by atoms with Crippen LogP contribution in [-0.2, 0) is 10.8 Å². The molecule has 0 aliphatic heterocycles. The van der Waals surface area contributed by atoms with E-state index in [1.165, 1.54) is 49.2 Å². The second kappa shape index (κ2) is 13.6. The van der Waals surface area contributed by atoms with Gasteiger partial charge in [0.05, 0.1) is 22.1 Å². The van der Waals surface area contributed by atoms with E-state index in [4.69, 9.17) is 15.0 Å². The van der Waals surface area contributed by atoms with Gasteiger partial charge in [-0.3, -0.25) is 4.57 Å². The number of para-hydroxylation sites is 2. The zero-order chi connectivity index (χ0) is 41.7. The summed E-state index contributed by atoms with van der Waals surface area (Å²) in [5, 5.41) is 7.08. The van der Waals surface area contributed by atoms with Crippen LogP contribution in [0.4, 0.5) is 0 Å². The molecular weight excluding hydrogens is 755 g/mol. The van der Waals surface area contributed by atoms with Gasteiger partial charge in [0.25, 0.3) is 0 Å². The molecule has 12 rings (SSSR count). The summed E-state index contributed by atoms with van der Waals surface area (Å²) >= 11 is 0. The van der Waals surface area contributed by atoms with E-state index in [-0.39, 0.29) is 10.8 Å². The summed E-state index contributed by atoms with van der Waals surface area (Å²) < 4.78 is 4.79. The Kier molecular flexibility index (Phi) is 7.98. The van der Waals surface area contributed by atoms with Crippen molar-refractivity contribution >= 4 is 54.4 Å². The average Bonchev–Trinajstić information content (AvgIpc) is 3.83. The van der Waals surface area contributed by atoms with Crippen molar-refractivity contribution in [3.63, 3.8) is 0 Å². The maximum atomic E-state index is 5.52. The van der Waals surface area contributed by atoms with Crippen LogP contribution in [0.5, 0.6) is 0 Å². The van der Waals surface area contributed by atoms with Crippen LogP contribution in [0.1, 0.15) is 51.7 Å². The van der Waals surface area contributed by atoms with Crippen LogP contribution in [0.25, 0.3) is 99.9 Å². The van der Waals surface area contributed by atoms with Crippen molar-refractivity contribution in [1.29, 1.82) is 0 Å². The number of benzene rings is 8. The lowest BCUT2D eigenvalue weighted by Crippen LogP contribution is -2.33. The zero-order valence-corrected chi connectivity index (χ0v) is 35.4. The van der Waals surface area contributed by atoms with Gasteiger partial charge in [0, 0.05) is 38.4 Å². The zero-order valence-electron chi connectivity index (χ0n) is 35.4. The third-order valence-corrected chi connectivity index (χ3v) is 13.6. The predicted molar refractivity (Wildman–Crippen MR) is 258 cm³/mol. The maximum Gasteiger partial charge on any atom is 0.238 e. The topological polar surface area (TPSA) is 48.5 Å². The standard InChI is InChI=1S/C57H45N5/c1-56(2)30-31-57(3,4)48-35-50-46(34-47(48)56)45-29-28-44-43-22-14-15-23-49(43)61(42-20-12-7-13-21-42)51(44)52(45)62(50)55-59-53(37-18-10-6-11-19-37)58-54(60-55)41-27-26-39-32-38(24-25-40(39)33-41)36-16-8-5-9-17-36/h5-29,32-35H,30-31H2,1-4H3. The van der Waals surface area contributed by atoms with Crippen molar-refractivity contribution in [2.45, 2.75) is 51.4 Å². The number of aromatic nitrogens is 5. The van der Waals surface area contributed by atoms with Gasteiger partial charge in [-0.25, -0.2) is 4.98 Å². The molecule has 0 saturated heterocycles. The molecule has 8 aromatic carbocycles. The highest BCUT2D eigenvalue weighted by atomic mass is 15.2. The van der Waals surface area contributed by atoms with E-state index >= 15 is 0 Å². The average molecular weight is 800 g/mol. The first-order valence-corrected chi connectivity index (χ1v) is 21.7. The number of hydrogen-bond donors (Lipinski definition) is 0. The second-order valence-electron chi connectivity index (χ2n) is 18.4. The van der Waals surface area contributed by atoms with E-state index in [0.717, 1.165) is 57.1 Å².